The van der Waals surface area contributed by atoms with Crippen LogP contribution < -0.4 is 4.90 Å². The maximum atomic E-state index is 12.9. The molecule has 1 atom stereocenters. The van der Waals surface area contributed by atoms with Gasteiger partial charge in [0.25, 0.3) is 0 Å². The Hall–Kier alpha value is -1.88. The summed E-state index contributed by atoms with van der Waals surface area (Å²) in [6.07, 6.45) is 0.221. The lowest BCUT2D eigenvalue weighted by Gasteiger charge is -2.35. The molecule has 2 aliphatic rings. The van der Waals surface area contributed by atoms with E-state index in [4.69, 9.17) is 23.2 Å². The van der Waals surface area contributed by atoms with Crippen LogP contribution in [0.2, 0.25) is 10.0 Å². The van der Waals surface area contributed by atoms with E-state index in [0.29, 0.717) is 15.7 Å². The van der Waals surface area contributed by atoms with Crippen molar-refractivity contribution < 1.29 is 9.59 Å². The number of carbonyl (C=O) groups is 2. The molecule has 6 heteroatoms. The lowest BCUT2D eigenvalue weighted by atomic mass is 9.83. The van der Waals surface area contributed by atoms with Crippen LogP contribution in [0.25, 0.3) is 0 Å². The van der Waals surface area contributed by atoms with Gasteiger partial charge in [0.15, 0.2) is 0 Å². The van der Waals surface area contributed by atoms with Crippen molar-refractivity contribution in [3.8, 4) is 0 Å². The van der Waals surface area contributed by atoms with Gasteiger partial charge in [-0.05, 0) is 41.9 Å². The minimum atomic E-state index is -0.682. The summed E-state index contributed by atoms with van der Waals surface area (Å²) >= 11 is 12.8. The molecule has 2 aromatic rings. The van der Waals surface area contributed by atoms with Gasteiger partial charge < -0.3 is 4.90 Å². The van der Waals surface area contributed by atoms with Crippen LogP contribution in [0, 0.1) is 5.41 Å². The molecule has 1 fully saturated rings. The van der Waals surface area contributed by atoms with Crippen molar-refractivity contribution in [2.45, 2.75) is 32.7 Å². The molecule has 0 aromatic heterocycles. The van der Waals surface area contributed by atoms with E-state index in [-0.39, 0.29) is 24.2 Å². The van der Waals surface area contributed by atoms with Crippen molar-refractivity contribution in [1.82, 2.24) is 4.90 Å². The number of anilines is 1. The molecule has 2 heterocycles. The molecule has 0 bridgehead atoms. The van der Waals surface area contributed by atoms with Gasteiger partial charge in [-0.1, -0.05) is 55.2 Å². The fraction of sp³-hybridized carbons (Fsp3) is 0.364. The first-order chi connectivity index (χ1) is 13.2. The van der Waals surface area contributed by atoms with Gasteiger partial charge in [-0.3, -0.25) is 9.59 Å². The Morgan fingerprint density at radius 3 is 2.46 bits per heavy atom. The van der Waals surface area contributed by atoms with Crippen LogP contribution in [0.5, 0.6) is 0 Å². The van der Waals surface area contributed by atoms with Gasteiger partial charge >= 0.3 is 0 Å². The highest BCUT2D eigenvalue weighted by molar-refractivity contribution is 6.35. The summed E-state index contributed by atoms with van der Waals surface area (Å²) in [7, 11) is 2.04. The van der Waals surface area contributed by atoms with Gasteiger partial charge in [-0.15, -0.1) is 0 Å². The standard InChI is InChI=1S/C22H22Cl2N2O2/c1-22(2)10-20(27)26(21(22)28)19-7-5-4-6-14(19)16-11-25(3)12-17-15(16)8-13(23)9-18(17)24/h4-9,16H,10-12H2,1-3H3/t16-/m0/s1. The van der Waals surface area contributed by atoms with Gasteiger partial charge in [-0.2, -0.15) is 0 Å². The van der Waals surface area contributed by atoms with Crippen molar-refractivity contribution >= 4 is 40.7 Å². The summed E-state index contributed by atoms with van der Waals surface area (Å²) in [4.78, 5) is 29.2. The molecule has 4 rings (SSSR count). The number of para-hydroxylation sites is 1. The van der Waals surface area contributed by atoms with E-state index in [2.05, 4.69) is 4.90 Å². The fourth-order valence-electron chi connectivity index (χ4n) is 4.29. The normalized spacial score (nSPS) is 21.9. The second kappa shape index (κ2) is 6.87. The zero-order chi connectivity index (χ0) is 20.2. The largest absolute Gasteiger partial charge is 0.301 e. The highest BCUT2D eigenvalue weighted by atomic mass is 35.5. The monoisotopic (exact) mass is 416 g/mol. The lowest BCUT2D eigenvalue weighted by Crippen LogP contribution is -2.36. The topological polar surface area (TPSA) is 40.6 Å². The first-order valence-electron chi connectivity index (χ1n) is 9.32. The van der Waals surface area contributed by atoms with E-state index in [1.54, 1.807) is 6.07 Å². The van der Waals surface area contributed by atoms with Gasteiger partial charge in [0.05, 0.1) is 11.1 Å². The zero-order valence-corrected chi connectivity index (χ0v) is 17.6. The molecule has 2 aromatic carbocycles. The SMILES string of the molecule is CN1Cc2c(Cl)cc(Cl)cc2[C@H](c2ccccc2N2C(=O)CC(C)(C)C2=O)C1. The highest BCUT2D eigenvalue weighted by Crippen LogP contribution is 2.43. The third-order valence-corrected chi connectivity index (χ3v) is 6.23. The maximum absolute atomic E-state index is 12.9. The number of halogens is 2. The Morgan fingerprint density at radius 2 is 1.79 bits per heavy atom. The quantitative estimate of drug-likeness (QED) is 0.656. The van der Waals surface area contributed by atoms with Gasteiger partial charge in [-0.25, -0.2) is 4.90 Å². The van der Waals surface area contributed by atoms with Crippen molar-refractivity contribution in [3.05, 3.63) is 63.1 Å². The molecule has 0 radical (unpaired) electrons. The Morgan fingerprint density at radius 1 is 1.07 bits per heavy atom. The number of imide groups is 1. The summed E-state index contributed by atoms with van der Waals surface area (Å²) in [5.74, 6) is -0.347. The van der Waals surface area contributed by atoms with E-state index >= 15 is 0 Å². The second-order valence-electron chi connectivity index (χ2n) is 8.36. The van der Waals surface area contributed by atoms with Crippen molar-refractivity contribution in [3.63, 3.8) is 0 Å². The number of carbonyl (C=O) groups excluding carboxylic acids is 2. The smallest absolute Gasteiger partial charge is 0.239 e. The van der Waals surface area contributed by atoms with Gasteiger partial charge in [0.2, 0.25) is 11.8 Å². The number of fused-ring (bicyclic) bond motifs is 1. The highest BCUT2D eigenvalue weighted by Gasteiger charge is 2.46. The number of rotatable bonds is 2. The molecule has 2 amide bonds. The molecule has 0 N–H and O–H groups in total. The molecule has 0 aliphatic carbocycles. The minimum Gasteiger partial charge on any atom is -0.301 e. The van der Waals surface area contributed by atoms with E-state index < -0.39 is 5.41 Å². The van der Waals surface area contributed by atoms with Crippen LogP contribution in [0.3, 0.4) is 0 Å². The Balaban J connectivity index is 1.87. The number of hydrogen-bond acceptors (Lipinski definition) is 3. The molecule has 2 aliphatic heterocycles. The number of benzene rings is 2. The van der Waals surface area contributed by atoms with Crippen LogP contribution in [0.15, 0.2) is 36.4 Å². The molecule has 1 saturated heterocycles. The average Bonchev–Trinajstić information content (AvgIpc) is 2.82. The lowest BCUT2D eigenvalue weighted by molar-refractivity contribution is -0.124. The first-order valence-corrected chi connectivity index (χ1v) is 10.1. The van der Waals surface area contributed by atoms with Crippen molar-refractivity contribution in [1.29, 1.82) is 0 Å². The van der Waals surface area contributed by atoms with Crippen LogP contribution in [-0.4, -0.2) is 30.3 Å². The number of likely N-dealkylation sites (N-methyl/N-ethyl adjacent to an activating group) is 1. The molecule has 0 spiro atoms. The van der Waals surface area contributed by atoms with Crippen LogP contribution in [-0.2, 0) is 16.1 Å². The van der Waals surface area contributed by atoms with Gasteiger partial charge in [0, 0.05) is 35.5 Å². The third kappa shape index (κ3) is 3.14. The van der Waals surface area contributed by atoms with Crippen LogP contribution in [0.4, 0.5) is 5.69 Å². The second-order valence-corrected chi connectivity index (χ2v) is 9.20. The fourth-order valence-corrected chi connectivity index (χ4v) is 4.86. The van der Waals surface area contributed by atoms with Gasteiger partial charge in [0.1, 0.15) is 0 Å². The van der Waals surface area contributed by atoms with E-state index in [1.165, 1.54) is 4.90 Å². The maximum Gasteiger partial charge on any atom is 0.239 e. The van der Waals surface area contributed by atoms with E-state index in [9.17, 15) is 9.59 Å². The molecular weight excluding hydrogens is 395 g/mol. The summed E-state index contributed by atoms with van der Waals surface area (Å²) in [6, 6.07) is 11.4. The first kappa shape index (κ1) is 19.4. The Kier molecular flexibility index (Phi) is 4.77. The van der Waals surface area contributed by atoms with E-state index in [1.807, 2.05) is 51.2 Å². The number of amides is 2. The Bertz CT molecular complexity index is 986. The Labute approximate surface area is 175 Å². The van der Waals surface area contributed by atoms with E-state index in [0.717, 1.165) is 29.8 Å². The summed E-state index contributed by atoms with van der Waals surface area (Å²) in [5.41, 5.74) is 3.01. The minimum absolute atomic E-state index is 0.0366. The predicted molar refractivity (Wildman–Crippen MR) is 112 cm³/mol. The summed E-state index contributed by atoms with van der Waals surface area (Å²) in [6.45, 7) is 5.12. The average molecular weight is 417 g/mol. The summed E-state index contributed by atoms with van der Waals surface area (Å²) < 4.78 is 0. The molecule has 0 saturated carbocycles. The zero-order valence-electron chi connectivity index (χ0n) is 16.1. The van der Waals surface area contributed by atoms with Crippen LogP contribution >= 0.6 is 23.2 Å². The third-order valence-electron chi connectivity index (χ3n) is 5.67. The molecular formula is C22H22Cl2N2O2. The number of nitrogens with zero attached hydrogens (tertiary/aromatic N) is 2. The predicted octanol–water partition coefficient (Wildman–Crippen LogP) is 4.86. The van der Waals surface area contributed by atoms with Crippen molar-refractivity contribution in [2.24, 2.45) is 5.41 Å². The van der Waals surface area contributed by atoms with Crippen molar-refractivity contribution in [2.75, 3.05) is 18.5 Å². The van der Waals surface area contributed by atoms with Crippen LogP contribution in [0.1, 0.15) is 42.9 Å². The number of hydrogen-bond donors (Lipinski definition) is 0. The molecule has 0 unspecified atom stereocenters. The molecule has 28 heavy (non-hydrogen) atoms. The molecule has 146 valence electrons. The summed E-state index contributed by atoms with van der Waals surface area (Å²) in [5, 5.41) is 1.23. The molecule has 4 nitrogen and oxygen atoms in total.